The molecule has 168 valence electrons. The lowest BCUT2D eigenvalue weighted by atomic mass is 10.2. The van der Waals surface area contributed by atoms with Crippen LogP contribution in [0.4, 0.5) is 11.5 Å². The summed E-state index contributed by atoms with van der Waals surface area (Å²) in [6, 6.07) is 16.1. The molecule has 1 aromatic carbocycles. The topological polar surface area (TPSA) is 101 Å². The van der Waals surface area contributed by atoms with Crippen molar-refractivity contribution in [2.45, 2.75) is 6.42 Å². The van der Waals surface area contributed by atoms with Gasteiger partial charge in [0.15, 0.2) is 0 Å². The minimum atomic E-state index is 0.323. The van der Waals surface area contributed by atoms with Crippen LogP contribution in [0.15, 0.2) is 66.0 Å². The second-order valence-electron chi connectivity index (χ2n) is 7.57. The number of rotatable bonds is 8. The van der Waals surface area contributed by atoms with E-state index < -0.39 is 0 Å². The van der Waals surface area contributed by atoms with E-state index in [0.717, 1.165) is 41.2 Å². The Morgan fingerprint density at radius 3 is 2.88 bits per heavy atom. The van der Waals surface area contributed by atoms with Gasteiger partial charge in [-0.05, 0) is 18.2 Å². The quantitative estimate of drug-likeness (QED) is 0.318. The summed E-state index contributed by atoms with van der Waals surface area (Å²) < 4.78 is 11.4. The molecule has 2 N–H and O–H groups in total. The fraction of sp³-hybridized carbons (Fsp3) is 0.250. The van der Waals surface area contributed by atoms with E-state index in [1.54, 1.807) is 12.4 Å². The van der Waals surface area contributed by atoms with Gasteiger partial charge in [0.1, 0.15) is 5.82 Å². The van der Waals surface area contributed by atoms with Gasteiger partial charge in [0, 0.05) is 54.6 Å². The monoisotopic (exact) mass is 443 g/mol. The summed E-state index contributed by atoms with van der Waals surface area (Å²) in [5.41, 5.74) is 6.67. The normalized spacial score (nSPS) is 14.1. The molecule has 3 aromatic heterocycles. The van der Waals surface area contributed by atoms with Gasteiger partial charge in [0.25, 0.3) is 0 Å². The zero-order valence-corrected chi connectivity index (χ0v) is 18.1. The smallest absolute Gasteiger partial charge is 0.318 e. The number of ether oxygens (including phenoxy) is 2. The Hall–Kier alpha value is -3.98. The number of fused-ring (bicyclic) bond motifs is 1. The number of para-hydroxylation sites is 1. The molecular weight excluding hydrogens is 418 g/mol. The van der Waals surface area contributed by atoms with Gasteiger partial charge in [-0.25, -0.2) is 0 Å². The Balaban J connectivity index is 1.32. The number of aromatic nitrogens is 4. The first-order valence-electron chi connectivity index (χ1n) is 10.9. The summed E-state index contributed by atoms with van der Waals surface area (Å²) in [7, 11) is 0. The van der Waals surface area contributed by atoms with Gasteiger partial charge < -0.3 is 19.4 Å². The molecule has 0 spiro atoms. The van der Waals surface area contributed by atoms with Crippen molar-refractivity contribution in [3.8, 4) is 6.01 Å². The van der Waals surface area contributed by atoms with Crippen molar-refractivity contribution >= 4 is 28.6 Å². The van der Waals surface area contributed by atoms with Crippen LogP contribution < -0.4 is 15.1 Å². The number of hydrogen-bond donors (Lipinski definition) is 2. The number of nitrogens with zero attached hydrogens (tertiary/aromatic N) is 5. The van der Waals surface area contributed by atoms with Crippen LogP contribution in [0.1, 0.15) is 11.4 Å². The molecule has 0 saturated carbocycles. The van der Waals surface area contributed by atoms with Crippen LogP contribution in [-0.2, 0) is 11.2 Å². The highest BCUT2D eigenvalue weighted by Crippen LogP contribution is 2.22. The molecule has 0 atom stereocenters. The van der Waals surface area contributed by atoms with Crippen LogP contribution >= 0.6 is 0 Å². The number of hydrazone groups is 1. The zero-order chi connectivity index (χ0) is 22.3. The molecule has 4 aromatic rings. The first-order valence-corrected chi connectivity index (χ1v) is 10.9. The fourth-order valence-electron chi connectivity index (χ4n) is 3.64. The molecule has 0 radical (unpaired) electrons. The minimum absolute atomic E-state index is 0.323. The van der Waals surface area contributed by atoms with Crippen molar-refractivity contribution < 1.29 is 9.47 Å². The summed E-state index contributed by atoms with van der Waals surface area (Å²) >= 11 is 0. The highest BCUT2D eigenvalue weighted by molar-refractivity contribution is 5.92. The van der Waals surface area contributed by atoms with E-state index in [4.69, 9.17) is 9.47 Å². The standard InChI is InChI=1S/C24H25N7O2/c1-2-7-21-20(6-1)22(17-26-21)30-27-16-19-15-23(31-10-13-32-14-11-31)29-24(28-19)33-12-8-18-5-3-4-9-25-18/h1-7,9,15-17,26,30H,8,10-14H2/b27-16+. The van der Waals surface area contributed by atoms with Crippen molar-refractivity contribution in [2.75, 3.05) is 43.2 Å². The summed E-state index contributed by atoms with van der Waals surface area (Å²) in [5.74, 6) is 0.801. The van der Waals surface area contributed by atoms with Gasteiger partial charge in [-0.2, -0.15) is 15.1 Å². The van der Waals surface area contributed by atoms with Crippen LogP contribution in [-0.4, -0.2) is 59.1 Å². The number of morpholine rings is 1. The van der Waals surface area contributed by atoms with Crippen LogP contribution in [0.25, 0.3) is 10.9 Å². The maximum atomic E-state index is 5.88. The molecule has 0 unspecified atom stereocenters. The third-order valence-electron chi connectivity index (χ3n) is 5.33. The van der Waals surface area contributed by atoms with Crippen molar-refractivity contribution in [2.24, 2.45) is 5.10 Å². The Morgan fingerprint density at radius 1 is 1.12 bits per heavy atom. The predicted molar refractivity (Wildman–Crippen MR) is 128 cm³/mol. The minimum Gasteiger partial charge on any atom is -0.463 e. The molecule has 0 bridgehead atoms. The van der Waals surface area contributed by atoms with Crippen LogP contribution in [0.2, 0.25) is 0 Å². The number of anilines is 2. The second kappa shape index (κ2) is 10.1. The molecule has 4 heterocycles. The highest BCUT2D eigenvalue weighted by Gasteiger charge is 2.15. The van der Waals surface area contributed by atoms with E-state index in [-0.39, 0.29) is 0 Å². The largest absolute Gasteiger partial charge is 0.463 e. The summed E-state index contributed by atoms with van der Waals surface area (Å²) in [6.07, 6.45) is 6.03. The number of H-pyrrole nitrogens is 1. The molecule has 0 aliphatic carbocycles. The van der Waals surface area contributed by atoms with Gasteiger partial charge in [0.2, 0.25) is 0 Å². The molecule has 1 saturated heterocycles. The third-order valence-corrected chi connectivity index (χ3v) is 5.33. The molecule has 1 aliphatic rings. The maximum Gasteiger partial charge on any atom is 0.318 e. The fourth-order valence-corrected chi connectivity index (χ4v) is 3.64. The molecule has 1 aliphatic heterocycles. The van der Waals surface area contributed by atoms with Crippen molar-refractivity contribution in [3.63, 3.8) is 0 Å². The van der Waals surface area contributed by atoms with Gasteiger partial charge in [0.05, 0.1) is 37.4 Å². The molecule has 33 heavy (non-hydrogen) atoms. The third kappa shape index (κ3) is 5.27. The van der Waals surface area contributed by atoms with E-state index in [1.807, 2.05) is 54.7 Å². The predicted octanol–water partition coefficient (Wildman–Crippen LogP) is 3.26. The second-order valence-corrected chi connectivity index (χ2v) is 7.57. The molecule has 9 heteroatoms. The SMILES string of the molecule is C(=N\Nc1c[nH]c2ccccc12)/c1cc(N2CCOCC2)nc(OCCc2ccccn2)n1. The summed E-state index contributed by atoms with van der Waals surface area (Å²) in [6.45, 7) is 3.33. The van der Waals surface area contributed by atoms with Gasteiger partial charge in [-0.3, -0.25) is 10.4 Å². The average Bonchev–Trinajstić information content (AvgIpc) is 3.28. The number of hydrogen-bond acceptors (Lipinski definition) is 8. The number of nitrogens with one attached hydrogen (secondary N) is 2. The van der Waals surface area contributed by atoms with Crippen molar-refractivity contribution in [1.29, 1.82) is 0 Å². The first kappa shape index (κ1) is 20.9. The van der Waals surface area contributed by atoms with Gasteiger partial charge in [-0.1, -0.05) is 24.3 Å². The highest BCUT2D eigenvalue weighted by atomic mass is 16.5. The Bertz CT molecular complexity index is 1220. The summed E-state index contributed by atoms with van der Waals surface area (Å²) in [4.78, 5) is 18.9. The number of aromatic amines is 1. The van der Waals surface area contributed by atoms with Crippen LogP contribution in [0, 0.1) is 0 Å². The van der Waals surface area contributed by atoms with Crippen LogP contribution in [0.3, 0.4) is 0 Å². The van der Waals surface area contributed by atoms with E-state index in [1.165, 1.54) is 0 Å². The van der Waals surface area contributed by atoms with Crippen molar-refractivity contribution in [1.82, 2.24) is 19.9 Å². The lowest BCUT2D eigenvalue weighted by Crippen LogP contribution is -2.37. The Kier molecular flexibility index (Phi) is 6.39. The van der Waals surface area contributed by atoms with Gasteiger partial charge in [-0.15, -0.1) is 0 Å². The van der Waals surface area contributed by atoms with E-state index >= 15 is 0 Å². The van der Waals surface area contributed by atoms with E-state index in [9.17, 15) is 0 Å². The van der Waals surface area contributed by atoms with E-state index in [0.29, 0.717) is 37.9 Å². The number of pyridine rings is 1. The maximum absolute atomic E-state index is 5.88. The first-order chi connectivity index (χ1) is 16.3. The van der Waals surface area contributed by atoms with Gasteiger partial charge >= 0.3 is 6.01 Å². The van der Waals surface area contributed by atoms with E-state index in [2.05, 4.69) is 35.4 Å². The lowest BCUT2D eigenvalue weighted by Gasteiger charge is -2.28. The number of benzene rings is 1. The molecule has 9 nitrogen and oxygen atoms in total. The zero-order valence-electron chi connectivity index (χ0n) is 18.1. The van der Waals surface area contributed by atoms with Crippen molar-refractivity contribution in [3.05, 3.63) is 72.3 Å². The summed E-state index contributed by atoms with van der Waals surface area (Å²) in [5, 5.41) is 5.47. The lowest BCUT2D eigenvalue weighted by molar-refractivity contribution is 0.122. The molecule has 0 amide bonds. The van der Waals surface area contributed by atoms with Crippen LogP contribution in [0.5, 0.6) is 6.01 Å². The molecule has 5 rings (SSSR count). The molecular formula is C24H25N7O2. The molecule has 1 fully saturated rings. The Morgan fingerprint density at radius 2 is 2.00 bits per heavy atom. The average molecular weight is 444 g/mol. The Labute approximate surface area is 191 Å².